The van der Waals surface area contributed by atoms with Crippen LogP contribution in [0, 0.1) is 5.92 Å². The second-order valence-corrected chi connectivity index (χ2v) is 7.74. The summed E-state index contributed by atoms with van der Waals surface area (Å²) in [5.74, 6) is 0.150. The number of ketones is 1. The molecular weight excluding hydrogens is 378 g/mol. The number of rotatable bonds is 6. The second-order valence-electron chi connectivity index (χ2n) is 7.74. The zero-order valence-electron chi connectivity index (χ0n) is 16.8. The van der Waals surface area contributed by atoms with E-state index < -0.39 is 0 Å². The quantitative estimate of drug-likeness (QED) is 0.290. The first-order valence-corrected chi connectivity index (χ1v) is 9.76. The molecule has 0 radical (unpaired) electrons. The maximum absolute atomic E-state index is 13.4. The molecule has 29 heavy (non-hydrogen) atoms. The summed E-state index contributed by atoms with van der Waals surface area (Å²) in [7, 11) is 4.05. The van der Waals surface area contributed by atoms with Crippen molar-refractivity contribution in [1.82, 2.24) is 4.90 Å². The molecule has 0 amide bonds. The Morgan fingerprint density at radius 3 is 2.14 bits per heavy atom. The third-order valence-electron chi connectivity index (χ3n) is 5.31. The minimum atomic E-state index is -0.0650. The molecule has 3 heteroatoms. The minimum Gasteiger partial charge on any atom is -0.309 e. The summed E-state index contributed by atoms with van der Waals surface area (Å²) < 4.78 is 0. The van der Waals surface area contributed by atoms with Gasteiger partial charge in [-0.1, -0.05) is 78.9 Å². The summed E-state index contributed by atoms with van der Waals surface area (Å²) in [6, 6.07) is 29.1. The lowest BCUT2D eigenvalue weighted by molar-refractivity contribution is 0.0897. The zero-order chi connectivity index (χ0) is 19.5. The third kappa shape index (κ3) is 4.67. The molecular formula is C26H26ClNO. The van der Waals surface area contributed by atoms with E-state index in [2.05, 4.69) is 65.6 Å². The fourth-order valence-corrected chi connectivity index (χ4v) is 3.97. The van der Waals surface area contributed by atoms with Crippen LogP contribution in [0.4, 0.5) is 0 Å². The lowest BCUT2D eigenvalue weighted by Crippen LogP contribution is -2.29. The number of hydrogen-bond donors (Lipinski definition) is 0. The van der Waals surface area contributed by atoms with Crippen molar-refractivity contribution in [3.63, 3.8) is 0 Å². The summed E-state index contributed by atoms with van der Waals surface area (Å²) in [6.07, 6.45) is 0.755. The highest BCUT2D eigenvalue weighted by Crippen LogP contribution is 2.27. The van der Waals surface area contributed by atoms with Crippen molar-refractivity contribution in [3.05, 3.63) is 96.1 Å². The predicted molar refractivity (Wildman–Crippen MR) is 125 cm³/mol. The van der Waals surface area contributed by atoms with E-state index in [9.17, 15) is 4.79 Å². The van der Waals surface area contributed by atoms with Crippen LogP contribution in [0.25, 0.3) is 21.5 Å². The number of hydrogen-bond acceptors (Lipinski definition) is 2. The Morgan fingerprint density at radius 1 is 0.793 bits per heavy atom. The van der Waals surface area contributed by atoms with Crippen LogP contribution < -0.4 is 0 Å². The van der Waals surface area contributed by atoms with Gasteiger partial charge in [-0.2, -0.15) is 0 Å². The fraction of sp³-hybridized carbons (Fsp3) is 0.192. The van der Waals surface area contributed by atoms with Gasteiger partial charge in [0.2, 0.25) is 0 Å². The van der Waals surface area contributed by atoms with Crippen LogP contribution in [0.3, 0.4) is 0 Å². The molecule has 4 aromatic rings. The molecule has 0 aliphatic carbocycles. The van der Waals surface area contributed by atoms with Crippen LogP contribution in [-0.4, -0.2) is 31.3 Å². The second kappa shape index (κ2) is 9.21. The molecule has 1 atom stereocenters. The number of carbonyl (C=O) groups excluding carboxylic acids is 1. The van der Waals surface area contributed by atoms with Gasteiger partial charge in [0.1, 0.15) is 0 Å². The van der Waals surface area contributed by atoms with Crippen molar-refractivity contribution in [2.75, 3.05) is 20.6 Å². The van der Waals surface area contributed by atoms with Crippen molar-refractivity contribution >= 4 is 39.7 Å². The van der Waals surface area contributed by atoms with Crippen LogP contribution >= 0.6 is 12.4 Å². The van der Waals surface area contributed by atoms with Crippen LogP contribution in [0.5, 0.6) is 0 Å². The Labute approximate surface area is 178 Å². The van der Waals surface area contributed by atoms with Gasteiger partial charge in [-0.05, 0) is 53.7 Å². The number of Topliss-reactive ketones (excluding diaryl/α,β-unsaturated/α-hetero) is 1. The van der Waals surface area contributed by atoms with Crippen molar-refractivity contribution in [3.8, 4) is 0 Å². The first-order valence-electron chi connectivity index (χ1n) is 9.76. The Hall–Kier alpha value is -2.68. The molecule has 0 saturated heterocycles. The Bertz CT molecular complexity index is 1120. The zero-order valence-corrected chi connectivity index (χ0v) is 17.7. The number of halogens is 1. The van der Waals surface area contributed by atoms with Gasteiger partial charge in [-0.25, -0.2) is 0 Å². The third-order valence-corrected chi connectivity index (χ3v) is 5.31. The van der Waals surface area contributed by atoms with Crippen LogP contribution in [0.15, 0.2) is 84.9 Å². The van der Waals surface area contributed by atoms with E-state index >= 15 is 0 Å². The van der Waals surface area contributed by atoms with E-state index in [0.29, 0.717) is 0 Å². The summed E-state index contributed by atoms with van der Waals surface area (Å²) in [5.41, 5.74) is 2.00. The molecule has 0 aliphatic heterocycles. The van der Waals surface area contributed by atoms with Crippen LogP contribution in [0.2, 0.25) is 0 Å². The molecule has 148 valence electrons. The molecule has 0 spiro atoms. The Morgan fingerprint density at radius 2 is 1.41 bits per heavy atom. The molecule has 0 aromatic heterocycles. The van der Waals surface area contributed by atoms with E-state index in [1.165, 1.54) is 21.7 Å². The molecule has 0 unspecified atom stereocenters. The van der Waals surface area contributed by atoms with Gasteiger partial charge in [-0.3, -0.25) is 4.79 Å². The molecule has 0 saturated carbocycles. The average Bonchev–Trinajstić information content (AvgIpc) is 2.72. The van der Waals surface area contributed by atoms with Gasteiger partial charge in [0.25, 0.3) is 0 Å². The normalized spacial score (nSPS) is 12.1. The SMILES string of the molecule is CN(C)C[C@H](Cc1ccccc1)C(=O)c1ccc2ccc3ccccc3c2c1.Cl. The number of fused-ring (bicyclic) bond motifs is 3. The summed E-state index contributed by atoms with van der Waals surface area (Å²) in [6.45, 7) is 0.737. The molecule has 2 nitrogen and oxygen atoms in total. The first kappa shape index (κ1) is 21.0. The maximum atomic E-state index is 13.4. The van der Waals surface area contributed by atoms with E-state index in [1.54, 1.807) is 0 Å². The molecule has 0 N–H and O–H groups in total. The van der Waals surface area contributed by atoms with E-state index in [0.717, 1.165) is 23.9 Å². The van der Waals surface area contributed by atoms with Crippen molar-refractivity contribution < 1.29 is 4.79 Å². The fourth-order valence-electron chi connectivity index (χ4n) is 3.97. The summed E-state index contributed by atoms with van der Waals surface area (Å²) in [5, 5.41) is 4.71. The molecule has 4 rings (SSSR count). The Kier molecular flexibility index (Phi) is 6.68. The topological polar surface area (TPSA) is 20.3 Å². The van der Waals surface area contributed by atoms with Gasteiger partial charge in [-0.15, -0.1) is 12.4 Å². The number of nitrogens with zero attached hydrogens (tertiary/aromatic N) is 1. The van der Waals surface area contributed by atoms with Gasteiger partial charge in [0.15, 0.2) is 5.78 Å². The van der Waals surface area contributed by atoms with Gasteiger partial charge in [0.05, 0.1) is 0 Å². The highest BCUT2D eigenvalue weighted by molar-refractivity contribution is 6.10. The number of carbonyl (C=O) groups is 1. The monoisotopic (exact) mass is 403 g/mol. The van der Waals surface area contributed by atoms with E-state index in [-0.39, 0.29) is 24.1 Å². The van der Waals surface area contributed by atoms with E-state index in [1.807, 2.05) is 38.4 Å². The molecule has 0 heterocycles. The number of benzene rings is 4. The summed E-state index contributed by atoms with van der Waals surface area (Å²) >= 11 is 0. The lowest BCUT2D eigenvalue weighted by atomic mass is 9.89. The van der Waals surface area contributed by atoms with Gasteiger partial charge >= 0.3 is 0 Å². The van der Waals surface area contributed by atoms with Crippen molar-refractivity contribution in [2.45, 2.75) is 6.42 Å². The van der Waals surface area contributed by atoms with Gasteiger partial charge < -0.3 is 4.90 Å². The average molecular weight is 404 g/mol. The predicted octanol–water partition coefficient (Wildman–Crippen LogP) is 6.02. The maximum Gasteiger partial charge on any atom is 0.167 e. The van der Waals surface area contributed by atoms with Crippen LogP contribution in [0.1, 0.15) is 15.9 Å². The minimum absolute atomic E-state index is 0. The molecule has 0 bridgehead atoms. The largest absolute Gasteiger partial charge is 0.309 e. The molecule has 0 fully saturated rings. The smallest absolute Gasteiger partial charge is 0.167 e. The first-order chi connectivity index (χ1) is 13.6. The highest BCUT2D eigenvalue weighted by atomic mass is 35.5. The van der Waals surface area contributed by atoms with Gasteiger partial charge in [0, 0.05) is 18.0 Å². The Balaban J connectivity index is 0.00000240. The van der Waals surface area contributed by atoms with E-state index in [4.69, 9.17) is 0 Å². The lowest BCUT2D eigenvalue weighted by Gasteiger charge is -2.20. The van der Waals surface area contributed by atoms with Crippen LogP contribution in [-0.2, 0) is 6.42 Å². The highest BCUT2D eigenvalue weighted by Gasteiger charge is 2.22. The standard InChI is InChI=1S/C26H25NO.ClH/c1-27(2)18-23(16-19-8-4-3-5-9-19)26(28)22-15-14-21-13-12-20-10-6-7-11-24(20)25(21)17-22;/h3-15,17,23H,16,18H2,1-2H3;1H/t23-;/m0./s1. The molecule has 4 aromatic carbocycles. The van der Waals surface area contributed by atoms with Crippen molar-refractivity contribution in [2.24, 2.45) is 5.92 Å². The van der Waals surface area contributed by atoms with Crippen molar-refractivity contribution in [1.29, 1.82) is 0 Å². The molecule has 0 aliphatic rings. The summed E-state index contributed by atoms with van der Waals surface area (Å²) in [4.78, 5) is 15.5.